The topological polar surface area (TPSA) is 0 Å². The van der Waals surface area contributed by atoms with Crippen molar-refractivity contribution in [1.29, 1.82) is 0 Å². The van der Waals surface area contributed by atoms with E-state index in [-0.39, 0.29) is 0 Å². The van der Waals surface area contributed by atoms with Gasteiger partial charge in [0.2, 0.25) is 0 Å². The number of allylic oxidation sites excluding steroid dienone is 2. The molecule has 0 aromatic rings. The van der Waals surface area contributed by atoms with Crippen LogP contribution in [0.3, 0.4) is 0 Å². The van der Waals surface area contributed by atoms with Crippen LogP contribution in [0.1, 0.15) is 13.8 Å². The summed E-state index contributed by atoms with van der Waals surface area (Å²) in [5.74, 6) is 0. The number of rotatable bonds is 0. The summed E-state index contributed by atoms with van der Waals surface area (Å²) in [4.78, 5) is 0. The van der Waals surface area contributed by atoms with Gasteiger partial charge in [0.25, 0.3) is 0 Å². The van der Waals surface area contributed by atoms with E-state index in [4.69, 9.17) is 0 Å². The predicted octanol–water partition coefficient (Wildman–Crippen LogP) is 1.19. The molecule has 32 valence electrons. The molecule has 0 spiro atoms. The van der Waals surface area contributed by atoms with Crippen molar-refractivity contribution in [1.82, 2.24) is 0 Å². The van der Waals surface area contributed by atoms with E-state index in [0.717, 1.165) is 0 Å². The fourth-order valence-corrected chi connectivity index (χ4v) is 0. The Kier molecular flexibility index (Phi) is 4.42. The standard InChI is InChI=1S/C4H8Xe/c1-3-4(2)5/h3,5H,1-2H3/b4-3+. The summed E-state index contributed by atoms with van der Waals surface area (Å²) < 4.78 is 1.35. The Labute approximate surface area is 65.3 Å². The molecule has 0 atom stereocenters. The first-order chi connectivity index (χ1) is 2.27. The van der Waals surface area contributed by atoms with Crippen LogP contribution in [0.4, 0.5) is 0 Å². The molecule has 0 aliphatic rings. The van der Waals surface area contributed by atoms with Crippen molar-refractivity contribution in [2.75, 3.05) is 0 Å². The van der Waals surface area contributed by atoms with E-state index in [2.05, 4.69) is 59.5 Å². The molecule has 0 rings (SSSR count). The zero-order chi connectivity index (χ0) is 4.28. The molecule has 5 heavy (non-hydrogen) atoms. The second kappa shape index (κ2) is 3.50. The Balaban J connectivity index is 3.14. The van der Waals surface area contributed by atoms with E-state index in [1.807, 2.05) is 6.92 Å². The first kappa shape index (κ1) is 6.31. The third-order valence-corrected chi connectivity index (χ3v) is 1.02. The van der Waals surface area contributed by atoms with Gasteiger partial charge in [-0.3, -0.25) is 0 Å². The molecule has 0 radical (unpaired) electrons. The monoisotopic (exact) mass is 188 g/mol. The van der Waals surface area contributed by atoms with Crippen molar-refractivity contribution < 1.29 is 46.5 Å². The third-order valence-electron chi connectivity index (χ3n) is 0.398. The molecule has 0 aliphatic heterocycles. The van der Waals surface area contributed by atoms with Gasteiger partial charge >= 0.3 is 66.5 Å². The number of hydrogen-bond acceptors (Lipinski definition) is 0. The molecule has 0 saturated heterocycles. The van der Waals surface area contributed by atoms with E-state index < -0.39 is 0 Å². The van der Waals surface area contributed by atoms with Crippen molar-refractivity contribution in [3.05, 3.63) is 6.12 Å². The molecule has 0 fully saturated rings. The van der Waals surface area contributed by atoms with Gasteiger partial charge in [-0.05, 0) is 0 Å². The Morgan fingerprint density at radius 2 is 2.00 bits per heavy atom. The van der Waals surface area contributed by atoms with Crippen LogP contribution in [-0.2, 0) is 0 Å². The van der Waals surface area contributed by atoms with Gasteiger partial charge in [-0.2, -0.15) is 0 Å². The Bertz CT molecular complexity index is 41.6. The Morgan fingerprint density at radius 1 is 1.80 bits per heavy atom. The summed E-state index contributed by atoms with van der Waals surface area (Å²) in [7, 11) is 0. The molecule has 0 nitrogen and oxygen atoms in total. The van der Waals surface area contributed by atoms with E-state index >= 15 is 0 Å². The second-order valence-electron chi connectivity index (χ2n) is 0.875. The van der Waals surface area contributed by atoms with Gasteiger partial charge in [0.05, 0.1) is 0 Å². The first-order valence-electron chi connectivity index (χ1n) is 1.56. The van der Waals surface area contributed by atoms with Gasteiger partial charge < -0.3 is 0 Å². The summed E-state index contributed by atoms with van der Waals surface area (Å²) in [6.07, 6.45) is 2.07. The molecule has 0 amide bonds. The van der Waals surface area contributed by atoms with Crippen molar-refractivity contribution in [3.8, 4) is 0 Å². The summed E-state index contributed by atoms with van der Waals surface area (Å²) in [6.45, 7) is 4.10. The van der Waals surface area contributed by atoms with Gasteiger partial charge in [-0.25, -0.2) is 0 Å². The summed E-state index contributed by atoms with van der Waals surface area (Å²) in [5.41, 5.74) is 0. The molecule has 0 N–H and O–H groups in total. The van der Waals surface area contributed by atoms with Crippen LogP contribution in [-0.4, -0.2) is 0 Å². The molecule has 0 heterocycles. The molecule has 0 saturated carbocycles. The van der Waals surface area contributed by atoms with Crippen LogP contribution >= 0.6 is 0 Å². The van der Waals surface area contributed by atoms with Crippen LogP contribution in [0, 0.1) is 46.5 Å². The molecule has 0 aromatic carbocycles. The third kappa shape index (κ3) is 5.31. The normalized spacial score (nSPS) is 12.4. The van der Waals surface area contributed by atoms with Crippen LogP contribution in [0.25, 0.3) is 0 Å². The average Bonchev–Trinajstić information content (AvgIpc) is 1.38. The fourth-order valence-electron chi connectivity index (χ4n) is 0. The van der Waals surface area contributed by atoms with Crippen LogP contribution in [0.15, 0.2) is 6.12 Å². The molecule has 0 aliphatic carbocycles. The predicted molar refractivity (Wildman–Crippen MR) is 20.8 cm³/mol. The van der Waals surface area contributed by atoms with Crippen molar-refractivity contribution in [2.45, 2.75) is 13.8 Å². The van der Waals surface area contributed by atoms with Gasteiger partial charge in [-0.1, -0.05) is 0 Å². The second-order valence-corrected chi connectivity index (χ2v) is 2.58. The molecular formula is C4H8Xe. The SMILES string of the molecule is C/C=C(\C)[XeH]. The van der Waals surface area contributed by atoms with Gasteiger partial charge in [0, 0.05) is 0 Å². The molecule has 0 bridgehead atoms. The van der Waals surface area contributed by atoms with Crippen molar-refractivity contribution in [3.63, 3.8) is 0 Å². The quantitative estimate of drug-likeness (QED) is 0.534. The Hall–Kier alpha value is 1.31. The molecule has 0 aromatic heterocycles. The average molecular weight is 187 g/mol. The summed E-state index contributed by atoms with van der Waals surface area (Å²) in [5, 5.41) is 0. The molecule has 1 heteroatoms. The molecule has 0 unspecified atom stereocenters. The van der Waals surface area contributed by atoms with E-state index in [1.165, 1.54) is 0.0410 Å². The number of hydrogen-bond donors (Lipinski definition) is 0. The van der Waals surface area contributed by atoms with Crippen molar-refractivity contribution in [2.24, 2.45) is 0 Å². The van der Waals surface area contributed by atoms with Crippen LogP contribution in [0.5, 0.6) is 0 Å². The van der Waals surface area contributed by atoms with Gasteiger partial charge in [0.1, 0.15) is 0 Å². The van der Waals surface area contributed by atoms with Gasteiger partial charge in [-0.15, -0.1) is 0 Å². The minimum atomic E-state index is 1.35. The zero-order valence-electron chi connectivity index (χ0n) is 3.46. The van der Waals surface area contributed by atoms with Crippen molar-refractivity contribution >= 4 is 0 Å². The maximum absolute atomic E-state index is 2.27. The van der Waals surface area contributed by atoms with E-state index in [9.17, 15) is 0 Å². The van der Waals surface area contributed by atoms with Gasteiger partial charge in [0.15, 0.2) is 0 Å². The summed E-state index contributed by atoms with van der Waals surface area (Å²) >= 11 is 2.27. The van der Waals surface area contributed by atoms with Crippen LogP contribution in [0.2, 0.25) is 0 Å². The van der Waals surface area contributed by atoms with Crippen LogP contribution < -0.4 is 0 Å². The maximum atomic E-state index is 2.27. The minimum absolute atomic E-state index is 1.35. The fraction of sp³-hybridized carbons (Fsp3) is 0.500. The molecular weight excluding hydrogens is 179 g/mol. The summed E-state index contributed by atoms with van der Waals surface area (Å²) in [6, 6.07) is 0. The van der Waals surface area contributed by atoms with E-state index in [0.29, 0.717) is 0 Å². The first-order valence-corrected chi connectivity index (χ1v) is 2.63. The Morgan fingerprint density at radius 3 is 2.00 bits per heavy atom. The zero-order valence-corrected chi connectivity index (χ0v) is 5.61. The van der Waals surface area contributed by atoms with E-state index in [1.54, 1.807) is 0 Å².